The smallest absolute Gasteiger partial charge is 0.319 e. The molecule has 0 radical (unpaired) electrons. The first kappa shape index (κ1) is 21.8. The molecule has 2 aromatic rings. The van der Waals surface area contributed by atoms with E-state index < -0.39 is 0 Å². The molecule has 0 aliphatic carbocycles. The van der Waals surface area contributed by atoms with Gasteiger partial charge in [-0.3, -0.25) is 9.69 Å². The van der Waals surface area contributed by atoms with Crippen LogP contribution in [0.15, 0.2) is 0 Å². The summed E-state index contributed by atoms with van der Waals surface area (Å²) in [6, 6.07) is 2.35. The van der Waals surface area contributed by atoms with Gasteiger partial charge in [0.05, 0.1) is 12.6 Å². The zero-order chi connectivity index (χ0) is 21.5. The molecule has 5 N–H and O–H groups in total. The molecule has 1 aliphatic heterocycles. The Morgan fingerprint density at radius 3 is 2.90 bits per heavy atom. The first-order valence-electron chi connectivity index (χ1n) is 10.8. The van der Waals surface area contributed by atoms with E-state index in [0.29, 0.717) is 35.6 Å². The number of fused-ring (bicyclic) bond motifs is 1. The van der Waals surface area contributed by atoms with Crippen molar-refractivity contribution in [2.24, 2.45) is 5.73 Å². The van der Waals surface area contributed by atoms with Crippen LogP contribution in [-0.4, -0.2) is 51.5 Å². The van der Waals surface area contributed by atoms with Gasteiger partial charge >= 0.3 is 6.01 Å². The number of H-pyrrole nitrogens is 1. The highest BCUT2D eigenvalue weighted by molar-refractivity contribution is 5.89. The summed E-state index contributed by atoms with van der Waals surface area (Å²) in [5.41, 5.74) is 14.1. The van der Waals surface area contributed by atoms with Gasteiger partial charge in [-0.05, 0) is 51.6 Å². The predicted octanol–water partition coefficient (Wildman–Crippen LogP) is 2.25. The number of nitrogen functional groups attached to an aromatic ring is 1. The van der Waals surface area contributed by atoms with Crippen molar-refractivity contribution in [1.29, 1.82) is 5.26 Å². The van der Waals surface area contributed by atoms with E-state index in [-0.39, 0.29) is 18.0 Å². The third-order valence-electron chi connectivity index (χ3n) is 5.66. The number of carbonyl (C=O) groups is 1. The Balaban J connectivity index is 1.61. The third-order valence-corrected chi connectivity index (χ3v) is 5.66. The summed E-state index contributed by atoms with van der Waals surface area (Å²) in [5, 5.41) is 9.53. The van der Waals surface area contributed by atoms with Crippen LogP contribution in [0, 0.1) is 11.3 Å². The number of nitrogens with two attached hydrogens (primary N) is 2. The molecule has 9 heteroatoms. The largest absolute Gasteiger partial charge is 0.463 e. The van der Waals surface area contributed by atoms with Gasteiger partial charge in [-0.1, -0.05) is 19.8 Å². The number of hydrogen-bond acceptors (Lipinski definition) is 7. The maximum Gasteiger partial charge on any atom is 0.319 e. The van der Waals surface area contributed by atoms with E-state index in [1.165, 1.54) is 0 Å². The lowest BCUT2D eigenvalue weighted by atomic mass is 10.1. The molecule has 9 nitrogen and oxygen atoms in total. The molecule has 3 rings (SSSR count). The molecule has 0 aromatic carbocycles. The molecule has 30 heavy (non-hydrogen) atoms. The van der Waals surface area contributed by atoms with Crippen LogP contribution in [0.5, 0.6) is 6.01 Å². The second kappa shape index (κ2) is 10.3. The molecule has 0 spiro atoms. The number of nitrogens with zero attached hydrogens (tertiary/aromatic N) is 4. The lowest BCUT2D eigenvalue weighted by Crippen LogP contribution is -2.40. The van der Waals surface area contributed by atoms with Crippen molar-refractivity contribution in [3.05, 3.63) is 11.3 Å². The average Bonchev–Trinajstić information content (AvgIpc) is 3.33. The molecule has 1 atom stereocenters. The number of aryl methyl sites for hydroxylation is 1. The zero-order valence-corrected chi connectivity index (χ0v) is 17.6. The van der Waals surface area contributed by atoms with E-state index in [4.69, 9.17) is 16.2 Å². The number of ether oxygens (including phenoxy) is 1. The highest BCUT2D eigenvalue weighted by Crippen LogP contribution is 2.27. The fourth-order valence-electron chi connectivity index (χ4n) is 4.04. The Morgan fingerprint density at radius 1 is 1.33 bits per heavy atom. The summed E-state index contributed by atoms with van der Waals surface area (Å²) in [7, 11) is 0. The summed E-state index contributed by atoms with van der Waals surface area (Å²) in [4.78, 5) is 25.5. The van der Waals surface area contributed by atoms with E-state index in [9.17, 15) is 10.1 Å². The Hall–Kier alpha value is -2.86. The number of unbranched alkanes of at least 4 members (excludes halogenated alkanes) is 3. The molecule has 3 heterocycles. The summed E-state index contributed by atoms with van der Waals surface area (Å²) in [6.07, 6.45) is 7.41. The first-order valence-corrected chi connectivity index (χ1v) is 10.8. The second-order valence-corrected chi connectivity index (χ2v) is 7.81. The number of likely N-dealkylation sites (tertiary alicyclic amines) is 1. The number of aromatic amines is 1. The molecule has 1 amide bonds. The molecule has 0 bridgehead atoms. The Labute approximate surface area is 176 Å². The molecule has 2 aromatic heterocycles. The van der Waals surface area contributed by atoms with Crippen LogP contribution in [0.2, 0.25) is 0 Å². The number of aromatic nitrogens is 3. The zero-order valence-electron chi connectivity index (χ0n) is 17.6. The van der Waals surface area contributed by atoms with Gasteiger partial charge in [0.1, 0.15) is 22.8 Å². The summed E-state index contributed by atoms with van der Waals surface area (Å²) >= 11 is 0. The van der Waals surface area contributed by atoms with Gasteiger partial charge in [0.2, 0.25) is 5.91 Å². The van der Waals surface area contributed by atoms with Crippen LogP contribution in [-0.2, 0) is 11.2 Å². The molecule has 0 saturated carbocycles. The normalized spacial score (nSPS) is 16.7. The highest BCUT2D eigenvalue weighted by Gasteiger charge is 2.28. The number of hydrogen-bond donors (Lipinski definition) is 3. The van der Waals surface area contributed by atoms with Gasteiger partial charge in [0.25, 0.3) is 0 Å². The van der Waals surface area contributed by atoms with E-state index >= 15 is 0 Å². The van der Waals surface area contributed by atoms with Gasteiger partial charge in [0.15, 0.2) is 5.82 Å². The van der Waals surface area contributed by atoms with Crippen molar-refractivity contribution in [3.63, 3.8) is 0 Å². The Kier molecular flexibility index (Phi) is 7.46. The molecular weight excluding hydrogens is 382 g/mol. The van der Waals surface area contributed by atoms with Crippen LogP contribution in [0.4, 0.5) is 5.82 Å². The highest BCUT2D eigenvalue weighted by atomic mass is 16.5. The van der Waals surface area contributed by atoms with Gasteiger partial charge in [-0.2, -0.15) is 15.2 Å². The van der Waals surface area contributed by atoms with Crippen LogP contribution in [0.1, 0.15) is 63.1 Å². The van der Waals surface area contributed by atoms with Crippen molar-refractivity contribution in [2.75, 3.05) is 25.4 Å². The second-order valence-electron chi connectivity index (χ2n) is 7.81. The molecule has 1 saturated heterocycles. The number of nitriles is 1. The Morgan fingerprint density at radius 2 is 2.17 bits per heavy atom. The summed E-state index contributed by atoms with van der Waals surface area (Å²) in [5.74, 6) is 0.0694. The van der Waals surface area contributed by atoms with Crippen molar-refractivity contribution in [2.45, 2.75) is 64.3 Å². The van der Waals surface area contributed by atoms with Gasteiger partial charge in [-0.15, -0.1) is 0 Å². The van der Waals surface area contributed by atoms with Crippen molar-refractivity contribution < 1.29 is 9.53 Å². The van der Waals surface area contributed by atoms with Crippen LogP contribution >= 0.6 is 0 Å². The maximum atomic E-state index is 11.5. The fourth-order valence-corrected chi connectivity index (χ4v) is 4.04. The lowest BCUT2D eigenvalue weighted by molar-refractivity contribution is -0.122. The molecule has 0 unspecified atom stereocenters. The van der Waals surface area contributed by atoms with Gasteiger partial charge < -0.3 is 21.2 Å². The van der Waals surface area contributed by atoms with Crippen LogP contribution in [0.25, 0.3) is 11.0 Å². The van der Waals surface area contributed by atoms with Crippen LogP contribution < -0.4 is 16.2 Å². The van der Waals surface area contributed by atoms with E-state index in [0.717, 1.165) is 63.6 Å². The van der Waals surface area contributed by atoms with Crippen molar-refractivity contribution in [1.82, 2.24) is 19.9 Å². The number of amides is 1. The van der Waals surface area contributed by atoms with E-state index in [2.05, 4.69) is 32.8 Å². The van der Waals surface area contributed by atoms with E-state index in [1.54, 1.807) is 0 Å². The number of primary amides is 1. The molecule has 1 fully saturated rings. The minimum atomic E-state index is -0.223. The fraction of sp³-hybridized carbons (Fsp3) is 0.619. The summed E-state index contributed by atoms with van der Waals surface area (Å²) in [6.45, 7) is 4.43. The van der Waals surface area contributed by atoms with Gasteiger partial charge in [0, 0.05) is 5.56 Å². The average molecular weight is 414 g/mol. The van der Waals surface area contributed by atoms with Gasteiger partial charge in [-0.25, -0.2) is 0 Å². The van der Waals surface area contributed by atoms with Crippen molar-refractivity contribution >= 4 is 22.8 Å². The number of rotatable bonds is 11. The van der Waals surface area contributed by atoms with Crippen LogP contribution in [0.3, 0.4) is 0 Å². The molecular formula is C21H31N7O2. The predicted molar refractivity (Wildman–Crippen MR) is 115 cm³/mol. The molecule has 1 aliphatic rings. The van der Waals surface area contributed by atoms with Crippen molar-refractivity contribution in [3.8, 4) is 12.1 Å². The monoisotopic (exact) mass is 413 g/mol. The van der Waals surface area contributed by atoms with E-state index in [1.807, 2.05) is 0 Å². The number of carbonyl (C=O) groups excluding carboxylic acids is 1. The lowest BCUT2D eigenvalue weighted by Gasteiger charge is -2.21. The molecule has 162 valence electrons. The minimum absolute atomic E-state index is 0.116. The SMILES string of the molecule is CCCCOc1nc(N)c2[nH]c(C#N)c(CCCCCN3CCC[C@H]3C(N)=O)c2n1. The summed E-state index contributed by atoms with van der Waals surface area (Å²) < 4.78 is 5.62. The first-order chi connectivity index (χ1) is 14.5. The minimum Gasteiger partial charge on any atom is -0.463 e. The number of anilines is 1. The number of nitrogens with one attached hydrogen (secondary N) is 1. The maximum absolute atomic E-state index is 11.5. The Bertz CT molecular complexity index is 918. The standard InChI is InChI=1S/C21H31N7O2/c1-2-3-12-30-21-26-17-14(15(13-22)25-18(17)19(23)27-21)8-5-4-6-10-28-11-7-9-16(28)20(24)29/h16,25H,2-12H2,1H3,(H2,24,29)(H2,23,26,27)/t16-/m0/s1. The third kappa shape index (κ3) is 5.00. The topological polar surface area (TPSA) is 147 Å². The quantitative estimate of drug-likeness (QED) is 0.479.